The van der Waals surface area contributed by atoms with Gasteiger partial charge in [-0.15, -0.1) is 0 Å². The van der Waals surface area contributed by atoms with E-state index in [2.05, 4.69) is 11.9 Å². The molecule has 3 rings (SSSR count). The molecule has 1 saturated carbocycles. The molecule has 0 spiro atoms. The normalized spacial score (nSPS) is 19.6. The van der Waals surface area contributed by atoms with Gasteiger partial charge in [-0.1, -0.05) is 25.1 Å². The average molecular weight is 213 g/mol. The summed E-state index contributed by atoms with van der Waals surface area (Å²) in [6.45, 7) is 2.15. The van der Waals surface area contributed by atoms with Crippen LogP contribution in [-0.4, -0.2) is 10.1 Å². The highest BCUT2D eigenvalue weighted by Crippen LogP contribution is 2.55. The van der Waals surface area contributed by atoms with E-state index in [-0.39, 0.29) is 11.5 Å². The third kappa shape index (κ3) is 1.41. The number of hydrogen-bond acceptors (Lipinski definition) is 2. The maximum Gasteiger partial charge on any atom is 0.0850 e. The van der Waals surface area contributed by atoms with Crippen molar-refractivity contribution in [2.75, 3.05) is 0 Å². The number of fused-ring (bicyclic) bond motifs is 1. The third-order valence-corrected chi connectivity index (χ3v) is 3.67. The van der Waals surface area contributed by atoms with Crippen LogP contribution in [0.25, 0.3) is 10.9 Å². The largest absolute Gasteiger partial charge is 0.388 e. The van der Waals surface area contributed by atoms with Gasteiger partial charge < -0.3 is 5.11 Å². The van der Waals surface area contributed by atoms with Crippen LogP contribution in [-0.2, 0) is 0 Å². The Hall–Kier alpha value is -1.41. The highest BCUT2D eigenvalue weighted by atomic mass is 16.3. The Morgan fingerprint density at radius 3 is 2.81 bits per heavy atom. The molecule has 1 aliphatic carbocycles. The van der Waals surface area contributed by atoms with E-state index in [1.807, 2.05) is 30.3 Å². The van der Waals surface area contributed by atoms with Gasteiger partial charge in [-0.2, -0.15) is 0 Å². The first-order valence-corrected chi connectivity index (χ1v) is 5.72. The molecule has 0 radical (unpaired) electrons. The Labute approximate surface area is 94.9 Å². The zero-order valence-electron chi connectivity index (χ0n) is 9.35. The minimum atomic E-state index is -0.361. The second-order valence-corrected chi connectivity index (χ2v) is 4.97. The number of aliphatic hydroxyl groups excluding tert-OH is 1. The van der Waals surface area contributed by atoms with Gasteiger partial charge in [-0.3, -0.25) is 4.98 Å². The molecule has 0 bridgehead atoms. The van der Waals surface area contributed by atoms with Crippen molar-refractivity contribution in [1.29, 1.82) is 0 Å². The molecule has 1 atom stereocenters. The van der Waals surface area contributed by atoms with Gasteiger partial charge in [0.15, 0.2) is 0 Å². The molecule has 1 aromatic carbocycles. The summed E-state index contributed by atoms with van der Waals surface area (Å²) < 4.78 is 0. The standard InChI is InChI=1S/C14H15NO/c1-14(7-8-14)13(16)11-4-2-6-12-10(11)5-3-9-15-12/h2-6,9,13,16H,7-8H2,1H3. The summed E-state index contributed by atoms with van der Waals surface area (Å²) in [5, 5.41) is 11.5. The van der Waals surface area contributed by atoms with Crippen LogP contribution in [0.4, 0.5) is 0 Å². The van der Waals surface area contributed by atoms with Crippen LogP contribution in [0.2, 0.25) is 0 Å². The Bertz CT molecular complexity index is 526. The van der Waals surface area contributed by atoms with Crippen molar-refractivity contribution in [3.05, 3.63) is 42.1 Å². The molecule has 0 aliphatic heterocycles. The molecule has 1 unspecified atom stereocenters. The lowest BCUT2D eigenvalue weighted by Crippen LogP contribution is -2.10. The Morgan fingerprint density at radius 1 is 1.25 bits per heavy atom. The predicted molar refractivity (Wildman–Crippen MR) is 64.0 cm³/mol. The number of aromatic nitrogens is 1. The van der Waals surface area contributed by atoms with Crippen LogP contribution in [0.5, 0.6) is 0 Å². The lowest BCUT2D eigenvalue weighted by molar-refractivity contribution is 0.105. The van der Waals surface area contributed by atoms with Gasteiger partial charge in [0.1, 0.15) is 0 Å². The fourth-order valence-corrected chi connectivity index (χ4v) is 2.21. The summed E-state index contributed by atoms with van der Waals surface area (Å²) in [5.41, 5.74) is 2.07. The lowest BCUT2D eigenvalue weighted by Gasteiger charge is -2.19. The molecule has 1 aliphatic rings. The fourth-order valence-electron chi connectivity index (χ4n) is 2.21. The maximum atomic E-state index is 10.4. The number of nitrogens with zero attached hydrogens (tertiary/aromatic N) is 1. The summed E-state index contributed by atoms with van der Waals surface area (Å²) >= 11 is 0. The maximum absolute atomic E-state index is 10.4. The smallest absolute Gasteiger partial charge is 0.0850 e. The summed E-state index contributed by atoms with van der Waals surface area (Å²) in [4.78, 5) is 4.32. The predicted octanol–water partition coefficient (Wildman–Crippen LogP) is 3.07. The molecule has 2 nitrogen and oxygen atoms in total. The van der Waals surface area contributed by atoms with Crippen LogP contribution in [0.3, 0.4) is 0 Å². The fraction of sp³-hybridized carbons (Fsp3) is 0.357. The monoisotopic (exact) mass is 213 g/mol. The van der Waals surface area contributed by atoms with Crippen molar-refractivity contribution in [3.8, 4) is 0 Å². The Balaban J connectivity index is 2.16. The minimum Gasteiger partial charge on any atom is -0.388 e. The van der Waals surface area contributed by atoms with Crippen molar-refractivity contribution in [1.82, 2.24) is 4.98 Å². The van der Waals surface area contributed by atoms with E-state index in [0.717, 1.165) is 29.3 Å². The second-order valence-electron chi connectivity index (χ2n) is 4.97. The Kier molecular flexibility index (Phi) is 2.01. The van der Waals surface area contributed by atoms with Gasteiger partial charge in [0.2, 0.25) is 0 Å². The topological polar surface area (TPSA) is 33.1 Å². The van der Waals surface area contributed by atoms with E-state index in [4.69, 9.17) is 0 Å². The quantitative estimate of drug-likeness (QED) is 0.831. The van der Waals surface area contributed by atoms with Gasteiger partial charge in [-0.05, 0) is 36.0 Å². The second kappa shape index (κ2) is 3.29. The van der Waals surface area contributed by atoms with E-state index in [9.17, 15) is 5.11 Å². The lowest BCUT2D eigenvalue weighted by atomic mass is 9.92. The molecule has 16 heavy (non-hydrogen) atoms. The van der Waals surface area contributed by atoms with Gasteiger partial charge in [0.25, 0.3) is 0 Å². The average Bonchev–Trinajstić information content (AvgIpc) is 3.07. The highest BCUT2D eigenvalue weighted by Gasteiger charge is 2.45. The molecule has 82 valence electrons. The van der Waals surface area contributed by atoms with Crippen molar-refractivity contribution < 1.29 is 5.11 Å². The number of rotatable bonds is 2. The van der Waals surface area contributed by atoms with Crippen LogP contribution >= 0.6 is 0 Å². The van der Waals surface area contributed by atoms with Crippen LogP contribution in [0, 0.1) is 5.41 Å². The summed E-state index contributed by atoms with van der Waals surface area (Å²) in [5.74, 6) is 0. The summed E-state index contributed by atoms with van der Waals surface area (Å²) in [6, 6.07) is 9.93. The Morgan fingerprint density at radius 2 is 2.06 bits per heavy atom. The van der Waals surface area contributed by atoms with Gasteiger partial charge >= 0.3 is 0 Å². The van der Waals surface area contributed by atoms with Gasteiger partial charge in [-0.25, -0.2) is 0 Å². The van der Waals surface area contributed by atoms with E-state index in [0.29, 0.717) is 0 Å². The zero-order chi connectivity index (χ0) is 11.2. The highest BCUT2D eigenvalue weighted by molar-refractivity contribution is 5.82. The van der Waals surface area contributed by atoms with Crippen molar-refractivity contribution in [2.24, 2.45) is 5.41 Å². The molecule has 2 aromatic rings. The summed E-state index contributed by atoms with van der Waals surface area (Å²) in [7, 11) is 0. The van der Waals surface area contributed by atoms with Gasteiger partial charge in [0.05, 0.1) is 11.6 Å². The molecular weight excluding hydrogens is 198 g/mol. The number of aliphatic hydroxyl groups is 1. The molecule has 2 heteroatoms. The molecule has 1 aromatic heterocycles. The molecule has 1 fully saturated rings. The van der Waals surface area contributed by atoms with Crippen LogP contribution in [0.15, 0.2) is 36.5 Å². The first-order valence-electron chi connectivity index (χ1n) is 5.72. The number of hydrogen-bond donors (Lipinski definition) is 1. The van der Waals surface area contributed by atoms with Gasteiger partial charge in [0, 0.05) is 11.6 Å². The van der Waals surface area contributed by atoms with Crippen molar-refractivity contribution in [3.63, 3.8) is 0 Å². The van der Waals surface area contributed by atoms with Crippen LogP contribution < -0.4 is 0 Å². The minimum absolute atomic E-state index is 0.0874. The first kappa shape index (κ1) is 9.79. The third-order valence-electron chi connectivity index (χ3n) is 3.67. The number of benzene rings is 1. The van der Waals surface area contributed by atoms with Crippen molar-refractivity contribution >= 4 is 10.9 Å². The SMILES string of the molecule is CC1(C(O)c2cccc3ncccc23)CC1. The molecule has 0 amide bonds. The van der Waals surface area contributed by atoms with E-state index < -0.39 is 0 Å². The van der Waals surface area contributed by atoms with Crippen molar-refractivity contribution in [2.45, 2.75) is 25.9 Å². The molecule has 1 heterocycles. The van der Waals surface area contributed by atoms with E-state index in [1.54, 1.807) is 6.20 Å². The molecular formula is C14H15NO. The summed E-state index contributed by atoms with van der Waals surface area (Å²) in [6.07, 6.45) is 3.66. The van der Waals surface area contributed by atoms with E-state index in [1.165, 1.54) is 0 Å². The zero-order valence-corrected chi connectivity index (χ0v) is 9.35. The molecule has 0 saturated heterocycles. The molecule has 1 N–H and O–H groups in total. The first-order chi connectivity index (χ1) is 7.71. The van der Waals surface area contributed by atoms with Crippen LogP contribution in [0.1, 0.15) is 31.4 Å². The number of pyridine rings is 1. The van der Waals surface area contributed by atoms with E-state index >= 15 is 0 Å².